The predicted octanol–water partition coefficient (Wildman–Crippen LogP) is 15.3. The number of aromatic nitrogens is 4. The molecule has 0 amide bonds. The molecule has 0 aliphatic rings. The smallest absolute Gasteiger partial charge is 0.164 e. The summed E-state index contributed by atoms with van der Waals surface area (Å²) in [5.74, 6) is 1.90. The van der Waals surface area contributed by atoms with Crippen LogP contribution in [0.5, 0.6) is 0 Å². The molecule has 0 saturated heterocycles. The summed E-state index contributed by atoms with van der Waals surface area (Å²) in [6.45, 7) is 0. The summed E-state index contributed by atoms with van der Waals surface area (Å²) in [6, 6.07) is 81.9. The van der Waals surface area contributed by atoms with Gasteiger partial charge in [-0.15, -0.1) is 0 Å². The van der Waals surface area contributed by atoms with Crippen LogP contribution in [-0.4, -0.2) is 19.5 Å². The summed E-state index contributed by atoms with van der Waals surface area (Å²) in [5.41, 5.74) is 13.2. The molecule has 12 rings (SSSR count). The lowest BCUT2D eigenvalue weighted by Crippen LogP contribution is -2.00. The maximum atomic E-state index is 5.09. The van der Waals surface area contributed by atoms with E-state index >= 15 is 0 Å². The van der Waals surface area contributed by atoms with Crippen LogP contribution in [0.4, 0.5) is 0 Å². The van der Waals surface area contributed by atoms with Crippen molar-refractivity contribution in [2.75, 3.05) is 0 Å². The zero-order valence-corrected chi connectivity index (χ0v) is 34.2. The highest BCUT2D eigenvalue weighted by atomic mass is 15.0. The zero-order valence-electron chi connectivity index (χ0n) is 34.2. The van der Waals surface area contributed by atoms with Crippen molar-refractivity contribution in [3.63, 3.8) is 0 Å². The van der Waals surface area contributed by atoms with Gasteiger partial charge in [0.2, 0.25) is 0 Å². The Hall–Kier alpha value is -8.47. The van der Waals surface area contributed by atoms with Crippen LogP contribution in [0.15, 0.2) is 231 Å². The highest BCUT2D eigenvalue weighted by molar-refractivity contribution is 6.19. The quantitative estimate of drug-likeness (QED) is 0.151. The van der Waals surface area contributed by atoms with E-state index in [0.717, 1.165) is 44.6 Å². The van der Waals surface area contributed by atoms with Gasteiger partial charge in [0.1, 0.15) is 0 Å². The molecule has 0 saturated carbocycles. The van der Waals surface area contributed by atoms with Crippen LogP contribution >= 0.6 is 0 Å². The lowest BCUT2D eigenvalue weighted by atomic mass is 9.94. The Morgan fingerprint density at radius 1 is 0.270 bits per heavy atom. The van der Waals surface area contributed by atoms with E-state index in [2.05, 4.69) is 199 Å². The highest BCUT2D eigenvalue weighted by Gasteiger charge is 2.21. The molecule has 0 bridgehead atoms. The number of rotatable bonds is 7. The van der Waals surface area contributed by atoms with Crippen LogP contribution < -0.4 is 0 Å². The van der Waals surface area contributed by atoms with Crippen molar-refractivity contribution >= 4 is 43.4 Å². The van der Waals surface area contributed by atoms with Crippen molar-refractivity contribution in [2.24, 2.45) is 0 Å². The lowest BCUT2D eigenvalue weighted by molar-refractivity contribution is 1.07. The molecule has 2 aromatic heterocycles. The summed E-state index contributed by atoms with van der Waals surface area (Å²) >= 11 is 0. The Kier molecular flexibility index (Phi) is 8.79. The van der Waals surface area contributed by atoms with E-state index in [1.165, 1.54) is 54.5 Å². The van der Waals surface area contributed by atoms with Crippen molar-refractivity contribution in [2.45, 2.75) is 0 Å². The average molecular weight is 803 g/mol. The van der Waals surface area contributed by atoms with Gasteiger partial charge in [-0.05, 0) is 73.8 Å². The average Bonchev–Trinajstić information content (AvgIpc) is 3.70. The molecule has 12 aromatic rings. The van der Waals surface area contributed by atoms with Gasteiger partial charge in [-0.2, -0.15) is 0 Å². The highest BCUT2D eigenvalue weighted by Crippen LogP contribution is 2.43. The molecule has 63 heavy (non-hydrogen) atoms. The number of hydrogen-bond donors (Lipinski definition) is 0. The van der Waals surface area contributed by atoms with E-state index < -0.39 is 0 Å². The molecule has 10 aromatic carbocycles. The van der Waals surface area contributed by atoms with Crippen molar-refractivity contribution in [3.05, 3.63) is 231 Å². The number of nitrogens with zero attached hydrogens (tertiary/aromatic N) is 4. The third-order valence-electron chi connectivity index (χ3n) is 12.2. The minimum absolute atomic E-state index is 0.626. The van der Waals surface area contributed by atoms with E-state index in [4.69, 9.17) is 15.0 Å². The molecular formula is C59H38N4. The molecule has 294 valence electrons. The minimum atomic E-state index is 0.626. The van der Waals surface area contributed by atoms with E-state index in [1.807, 2.05) is 36.4 Å². The third-order valence-corrected chi connectivity index (χ3v) is 12.2. The molecule has 2 heterocycles. The summed E-state index contributed by atoms with van der Waals surface area (Å²) in [6.07, 6.45) is 0. The largest absolute Gasteiger partial charge is 0.309 e. The van der Waals surface area contributed by atoms with Gasteiger partial charge in [-0.1, -0.05) is 206 Å². The molecule has 0 atom stereocenters. The van der Waals surface area contributed by atoms with Gasteiger partial charge in [-0.3, -0.25) is 0 Å². The molecule has 0 aliphatic heterocycles. The van der Waals surface area contributed by atoms with Gasteiger partial charge in [0.15, 0.2) is 17.5 Å². The van der Waals surface area contributed by atoms with Crippen molar-refractivity contribution in [1.29, 1.82) is 0 Å². The minimum Gasteiger partial charge on any atom is -0.309 e. The Labute approximate surface area is 365 Å². The van der Waals surface area contributed by atoms with Gasteiger partial charge in [0, 0.05) is 32.8 Å². The van der Waals surface area contributed by atoms with Crippen molar-refractivity contribution in [1.82, 2.24) is 19.5 Å². The fourth-order valence-corrected chi connectivity index (χ4v) is 9.19. The maximum absolute atomic E-state index is 5.09. The number of hydrogen-bond acceptors (Lipinski definition) is 3. The fraction of sp³-hybridized carbons (Fsp3) is 0. The Bertz CT molecular complexity index is 3630. The lowest BCUT2D eigenvalue weighted by Gasteiger charge is -2.16. The molecule has 0 N–H and O–H groups in total. The molecular weight excluding hydrogens is 765 g/mol. The molecule has 0 radical (unpaired) electrons. The maximum Gasteiger partial charge on any atom is 0.164 e. The monoisotopic (exact) mass is 802 g/mol. The van der Waals surface area contributed by atoms with Gasteiger partial charge < -0.3 is 4.57 Å². The van der Waals surface area contributed by atoms with E-state index in [9.17, 15) is 0 Å². The first-order valence-corrected chi connectivity index (χ1v) is 21.4. The predicted molar refractivity (Wildman–Crippen MR) is 262 cm³/mol. The van der Waals surface area contributed by atoms with Crippen LogP contribution in [0.3, 0.4) is 0 Å². The summed E-state index contributed by atoms with van der Waals surface area (Å²) in [5, 5.41) is 7.39. The molecule has 4 heteroatoms. The van der Waals surface area contributed by atoms with E-state index in [0.29, 0.717) is 17.5 Å². The van der Waals surface area contributed by atoms with Crippen molar-refractivity contribution in [3.8, 4) is 73.2 Å². The SMILES string of the molecule is c1ccc(-c2ccc(-c3nc(-c4ccccc4)nc(-c4ccc(-c5cc(-c6ccccc6)c6c7ccccc7n(-c7cc8ccccc8c8ccccc78)c6c5)cc4)n3)cc2)cc1. The van der Waals surface area contributed by atoms with Crippen LogP contribution in [0.25, 0.3) is 117 Å². The van der Waals surface area contributed by atoms with E-state index in [1.54, 1.807) is 0 Å². The first-order valence-electron chi connectivity index (χ1n) is 21.4. The Morgan fingerprint density at radius 2 is 0.698 bits per heavy atom. The topological polar surface area (TPSA) is 43.6 Å². The van der Waals surface area contributed by atoms with Gasteiger partial charge in [-0.25, -0.2) is 15.0 Å². The Morgan fingerprint density at radius 3 is 1.32 bits per heavy atom. The van der Waals surface area contributed by atoms with Crippen LogP contribution in [0, 0.1) is 0 Å². The third kappa shape index (κ3) is 6.44. The molecule has 0 aliphatic carbocycles. The van der Waals surface area contributed by atoms with Crippen LogP contribution in [-0.2, 0) is 0 Å². The first-order chi connectivity index (χ1) is 31.2. The second-order valence-corrected chi connectivity index (χ2v) is 16.0. The number of benzene rings is 10. The molecule has 0 spiro atoms. The zero-order chi connectivity index (χ0) is 41.7. The van der Waals surface area contributed by atoms with Gasteiger partial charge in [0.25, 0.3) is 0 Å². The second kappa shape index (κ2) is 15.2. The Balaban J connectivity index is 1.02. The first kappa shape index (κ1) is 36.4. The summed E-state index contributed by atoms with van der Waals surface area (Å²) in [7, 11) is 0. The molecule has 4 nitrogen and oxygen atoms in total. The van der Waals surface area contributed by atoms with Crippen molar-refractivity contribution < 1.29 is 0 Å². The van der Waals surface area contributed by atoms with E-state index in [-0.39, 0.29) is 0 Å². The number of para-hydroxylation sites is 1. The summed E-state index contributed by atoms with van der Waals surface area (Å²) < 4.78 is 2.48. The molecule has 0 fully saturated rings. The molecule has 0 unspecified atom stereocenters. The van der Waals surface area contributed by atoms with Crippen LogP contribution in [0.1, 0.15) is 0 Å². The summed E-state index contributed by atoms with van der Waals surface area (Å²) in [4.78, 5) is 15.1. The second-order valence-electron chi connectivity index (χ2n) is 16.0. The van der Waals surface area contributed by atoms with Gasteiger partial charge >= 0.3 is 0 Å². The standard InChI is InChI=1S/C59H38N4/c1-4-16-39(17-5-1)40-28-32-44(33-29-40)58-60-57(43-20-8-3-9-21-43)61-59(62-58)45-34-30-41(31-35-45)47-36-52(42-18-6-2-7-19-42)56-51-26-14-15-27-53(51)63(55(56)38-47)54-37-46-22-10-11-23-48(46)49-24-12-13-25-50(49)54/h1-38H. The van der Waals surface area contributed by atoms with Gasteiger partial charge in [0.05, 0.1) is 16.7 Å². The number of fused-ring (bicyclic) bond motifs is 6. The van der Waals surface area contributed by atoms with Crippen LogP contribution in [0.2, 0.25) is 0 Å². The normalized spacial score (nSPS) is 11.5. The fourth-order valence-electron chi connectivity index (χ4n) is 9.19.